The lowest BCUT2D eigenvalue weighted by molar-refractivity contribution is 0.688. The first-order valence-electron chi connectivity index (χ1n) is 6.18. The van der Waals surface area contributed by atoms with E-state index in [-0.39, 0.29) is 0 Å². The molecule has 0 fully saturated rings. The standard InChI is InChI=1S/C14H18BrN3/c1-4-18-13(16-17-14(18)9-15)8-12-6-5-10(2)11(3)7-12/h5-7H,4,8-9H2,1-3H3. The van der Waals surface area contributed by atoms with Crippen LogP contribution in [0.25, 0.3) is 0 Å². The van der Waals surface area contributed by atoms with Crippen molar-refractivity contribution in [1.29, 1.82) is 0 Å². The third-order valence-corrected chi connectivity index (χ3v) is 3.77. The van der Waals surface area contributed by atoms with Gasteiger partial charge in [0, 0.05) is 13.0 Å². The van der Waals surface area contributed by atoms with Crippen LogP contribution in [-0.4, -0.2) is 14.8 Å². The van der Waals surface area contributed by atoms with Crippen molar-refractivity contribution in [2.45, 2.75) is 39.1 Å². The Balaban J connectivity index is 2.28. The number of nitrogens with zero attached hydrogens (tertiary/aromatic N) is 3. The van der Waals surface area contributed by atoms with Gasteiger partial charge < -0.3 is 4.57 Å². The minimum atomic E-state index is 0.751. The van der Waals surface area contributed by atoms with Crippen LogP contribution in [-0.2, 0) is 18.3 Å². The van der Waals surface area contributed by atoms with Crippen molar-refractivity contribution in [2.75, 3.05) is 0 Å². The lowest BCUT2D eigenvalue weighted by atomic mass is 10.0. The number of alkyl halides is 1. The molecule has 0 saturated carbocycles. The van der Waals surface area contributed by atoms with E-state index in [1.807, 2.05) is 0 Å². The number of halogens is 1. The monoisotopic (exact) mass is 307 g/mol. The number of hydrogen-bond acceptors (Lipinski definition) is 2. The molecule has 1 aromatic heterocycles. The Kier molecular flexibility index (Phi) is 4.17. The zero-order valence-electron chi connectivity index (χ0n) is 11.1. The van der Waals surface area contributed by atoms with E-state index in [1.165, 1.54) is 16.7 Å². The highest BCUT2D eigenvalue weighted by Crippen LogP contribution is 2.15. The van der Waals surface area contributed by atoms with Crippen LogP contribution in [0.4, 0.5) is 0 Å². The average molecular weight is 308 g/mol. The Morgan fingerprint density at radius 1 is 1.11 bits per heavy atom. The van der Waals surface area contributed by atoms with Crippen LogP contribution in [0.2, 0.25) is 0 Å². The Bertz CT molecular complexity index is 546. The second kappa shape index (κ2) is 5.65. The number of aryl methyl sites for hydroxylation is 2. The molecule has 4 heteroatoms. The smallest absolute Gasteiger partial charge is 0.143 e. The Labute approximate surface area is 116 Å². The maximum absolute atomic E-state index is 4.29. The maximum atomic E-state index is 4.29. The summed E-state index contributed by atoms with van der Waals surface area (Å²) in [6.45, 7) is 7.32. The molecular weight excluding hydrogens is 290 g/mol. The fourth-order valence-electron chi connectivity index (χ4n) is 2.06. The molecule has 0 unspecified atom stereocenters. The Hall–Kier alpha value is -1.16. The summed E-state index contributed by atoms with van der Waals surface area (Å²) in [6, 6.07) is 6.57. The number of aromatic nitrogens is 3. The van der Waals surface area contributed by atoms with Crippen LogP contribution < -0.4 is 0 Å². The zero-order valence-corrected chi connectivity index (χ0v) is 12.7. The topological polar surface area (TPSA) is 30.7 Å². The van der Waals surface area contributed by atoms with Crippen molar-refractivity contribution < 1.29 is 0 Å². The van der Waals surface area contributed by atoms with Gasteiger partial charge in [0.25, 0.3) is 0 Å². The Morgan fingerprint density at radius 3 is 2.44 bits per heavy atom. The molecule has 0 aliphatic rings. The summed E-state index contributed by atoms with van der Waals surface area (Å²) in [6.07, 6.45) is 0.842. The summed E-state index contributed by atoms with van der Waals surface area (Å²) in [7, 11) is 0. The molecule has 0 saturated heterocycles. The molecule has 2 rings (SSSR count). The summed E-state index contributed by atoms with van der Waals surface area (Å²) in [5.74, 6) is 2.03. The summed E-state index contributed by atoms with van der Waals surface area (Å²) < 4.78 is 2.17. The van der Waals surface area contributed by atoms with Gasteiger partial charge in [0.05, 0.1) is 5.33 Å². The van der Waals surface area contributed by atoms with E-state index in [4.69, 9.17) is 0 Å². The minimum Gasteiger partial charge on any atom is -0.314 e. The maximum Gasteiger partial charge on any atom is 0.143 e. The van der Waals surface area contributed by atoms with E-state index in [9.17, 15) is 0 Å². The Morgan fingerprint density at radius 2 is 1.83 bits per heavy atom. The van der Waals surface area contributed by atoms with E-state index in [2.05, 4.69) is 69.7 Å². The van der Waals surface area contributed by atoms with Gasteiger partial charge in [-0.1, -0.05) is 34.1 Å². The molecule has 1 heterocycles. The van der Waals surface area contributed by atoms with Gasteiger partial charge in [-0.15, -0.1) is 10.2 Å². The van der Waals surface area contributed by atoms with E-state index in [0.717, 1.165) is 29.9 Å². The van der Waals surface area contributed by atoms with E-state index >= 15 is 0 Å². The van der Waals surface area contributed by atoms with Crippen molar-refractivity contribution in [2.24, 2.45) is 0 Å². The molecule has 0 radical (unpaired) electrons. The second-order valence-corrected chi connectivity index (χ2v) is 5.07. The van der Waals surface area contributed by atoms with Crippen LogP contribution in [0.1, 0.15) is 35.3 Å². The first kappa shape index (κ1) is 13.3. The summed E-state index contributed by atoms with van der Waals surface area (Å²) in [4.78, 5) is 0. The quantitative estimate of drug-likeness (QED) is 0.811. The predicted molar refractivity (Wildman–Crippen MR) is 77.0 cm³/mol. The van der Waals surface area contributed by atoms with Gasteiger partial charge in [0.2, 0.25) is 0 Å². The normalized spacial score (nSPS) is 10.9. The van der Waals surface area contributed by atoms with Gasteiger partial charge >= 0.3 is 0 Å². The second-order valence-electron chi connectivity index (χ2n) is 4.51. The SMILES string of the molecule is CCn1c(CBr)nnc1Cc1ccc(C)c(C)c1. The van der Waals surface area contributed by atoms with Gasteiger partial charge in [0.1, 0.15) is 11.6 Å². The fraction of sp³-hybridized carbons (Fsp3) is 0.429. The fourth-order valence-corrected chi connectivity index (χ4v) is 2.48. The molecule has 3 nitrogen and oxygen atoms in total. The summed E-state index contributed by atoms with van der Waals surface area (Å²) in [5, 5.41) is 9.25. The molecule has 18 heavy (non-hydrogen) atoms. The van der Waals surface area contributed by atoms with Gasteiger partial charge in [-0.05, 0) is 37.5 Å². The molecular formula is C14H18BrN3. The predicted octanol–water partition coefficient (Wildman–Crippen LogP) is 3.40. The zero-order chi connectivity index (χ0) is 13.1. The number of rotatable bonds is 4. The first-order valence-corrected chi connectivity index (χ1v) is 7.31. The van der Waals surface area contributed by atoms with Crippen LogP contribution in [0, 0.1) is 13.8 Å². The van der Waals surface area contributed by atoms with Crippen molar-refractivity contribution >= 4 is 15.9 Å². The van der Waals surface area contributed by atoms with Crippen LogP contribution in [0.3, 0.4) is 0 Å². The molecule has 96 valence electrons. The van der Waals surface area contributed by atoms with Gasteiger partial charge in [-0.3, -0.25) is 0 Å². The van der Waals surface area contributed by atoms with Crippen molar-refractivity contribution in [3.8, 4) is 0 Å². The van der Waals surface area contributed by atoms with E-state index in [0.29, 0.717) is 0 Å². The highest BCUT2D eigenvalue weighted by Gasteiger charge is 2.10. The van der Waals surface area contributed by atoms with Crippen LogP contribution >= 0.6 is 15.9 Å². The van der Waals surface area contributed by atoms with Crippen molar-refractivity contribution in [3.05, 3.63) is 46.5 Å². The lowest BCUT2D eigenvalue weighted by Crippen LogP contribution is -2.05. The number of benzene rings is 1. The van der Waals surface area contributed by atoms with Crippen molar-refractivity contribution in [1.82, 2.24) is 14.8 Å². The molecule has 0 bridgehead atoms. The van der Waals surface area contributed by atoms with Gasteiger partial charge in [-0.25, -0.2) is 0 Å². The molecule has 0 aliphatic carbocycles. The van der Waals surface area contributed by atoms with E-state index in [1.54, 1.807) is 0 Å². The highest BCUT2D eigenvalue weighted by atomic mass is 79.9. The first-order chi connectivity index (χ1) is 8.65. The molecule has 0 spiro atoms. The minimum absolute atomic E-state index is 0.751. The third-order valence-electron chi connectivity index (χ3n) is 3.27. The molecule has 1 aromatic carbocycles. The molecule has 2 aromatic rings. The summed E-state index contributed by atoms with van der Waals surface area (Å²) >= 11 is 3.45. The third kappa shape index (κ3) is 2.64. The molecule has 0 N–H and O–H groups in total. The molecule has 0 amide bonds. The largest absolute Gasteiger partial charge is 0.314 e. The van der Waals surface area contributed by atoms with Crippen LogP contribution in [0.5, 0.6) is 0 Å². The number of hydrogen-bond donors (Lipinski definition) is 0. The highest BCUT2D eigenvalue weighted by molar-refractivity contribution is 9.08. The van der Waals surface area contributed by atoms with Gasteiger partial charge in [0.15, 0.2) is 0 Å². The van der Waals surface area contributed by atoms with Gasteiger partial charge in [-0.2, -0.15) is 0 Å². The van der Waals surface area contributed by atoms with E-state index < -0.39 is 0 Å². The molecule has 0 aliphatic heterocycles. The molecule has 0 atom stereocenters. The summed E-state index contributed by atoms with van der Waals surface area (Å²) in [5.41, 5.74) is 3.95. The lowest BCUT2D eigenvalue weighted by Gasteiger charge is -2.07. The van der Waals surface area contributed by atoms with Crippen molar-refractivity contribution in [3.63, 3.8) is 0 Å². The average Bonchev–Trinajstić information content (AvgIpc) is 2.75. The van der Waals surface area contributed by atoms with Crippen LogP contribution in [0.15, 0.2) is 18.2 Å².